The van der Waals surface area contributed by atoms with Crippen molar-refractivity contribution in [1.29, 1.82) is 0 Å². The fraction of sp³-hybridized carbons (Fsp3) is 0.385. The van der Waals surface area contributed by atoms with Crippen LogP contribution in [0.2, 0.25) is 0 Å². The van der Waals surface area contributed by atoms with Crippen LogP contribution in [-0.2, 0) is 9.59 Å². The number of hydrogen-bond donors (Lipinski definition) is 2. The minimum atomic E-state index is -1.05. The van der Waals surface area contributed by atoms with E-state index in [1.165, 1.54) is 0 Å². The Morgan fingerprint density at radius 1 is 1.39 bits per heavy atom. The van der Waals surface area contributed by atoms with Crippen molar-refractivity contribution in [2.45, 2.75) is 25.3 Å². The van der Waals surface area contributed by atoms with Crippen LogP contribution in [0, 0.1) is 6.92 Å². The molecule has 0 heterocycles. The van der Waals surface area contributed by atoms with Crippen LogP contribution in [0.25, 0.3) is 0 Å². The molecule has 0 unspecified atom stereocenters. The second kappa shape index (κ2) is 4.68. The quantitative estimate of drug-likeness (QED) is 0.819. The Hall–Kier alpha value is -2.04. The number of hydrogen-bond acceptors (Lipinski definition) is 3. The summed E-state index contributed by atoms with van der Waals surface area (Å²) < 4.78 is 5.35. The van der Waals surface area contributed by atoms with Gasteiger partial charge in [-0.1, -0.05) is 18.2 Å². The van der Waals surface area contributed by atoms with Crippen molar-refractivity contribution >= 4 is 11.9 Å². The monoisotopic (exact) mass is 249 g/mol. The second-order valence-corrected chi connectivity index (χ2v) is 4.49. The summed E-state index contributed by atoms with van der Waals surface area (Å²) in [6.07, 6.45) is 0.969. The minimum absolute atomic E-state index is 0.167. The molecule has 1 aliphatic carbocycles. The average Bonchev–Trinajstić information content (AvgIpc) is 3.09. The molecule has 1 amide bonds. The zero-order chi connectivity index (χ0) is 13.2. The molecule has 2 N–H and O–H groups in total. The zero-order valence-corrected chi connectivity index (χ0v) is 10.1. The van der Waals surface area contributed by atoms with Crippen molar-refractivity contribution in [3.05, 3.63) is 29.8 Å². The van der Waals surface area contributed by atoms with Crippen LogP contribution in [-0.4, -0.2) is 29.1 Å². The van der Waals surface area contributed by atoms with Gasteiger partial charge in [-0.25, -0.2) is 4.79 Å². The molecular weight excluding hydrogens is 234 g/mol. The number of aliphatic carboxylic acids is 1. The van der Waals surface area contributed by atoms with Crippen molar-refractivity contribution in [2.75, 3.05) is 6.61 Å². The van der Waals surface area contributed by atoms with Crippen LogP contribution in [0.3, 0.4) is 0 Å². The molecule has 5 nitrogen and oxygen atoms in total. The van der Waals surface area contributed by atoms with E-state index in [0.29, 0.717) is 18.6 Å². The summed E-state index contributed by atoms with van der Waals surface area (Å²) in [6, 6.07) is 7.35. The zero-order valence-electron chi connectivity index (χ0n) is 10.1. The van der Waals surface area contributed by atoms with Crippen molar-refractivity contribution in [3.8, 4) is 5.75 Å². The average molecular weight is 249 g/mol. The number of nitrogens with one attached hydrogen (secondary N) is 1. The van der Waals surface area contributed by atoms with Gasteiger partial charge in [0.15, 0.2) is 6.61 Å². The molecule has 0 saturated heterocycles. The number of para-hydroxylation sites is 1. The van der Waals surface area contributed by atoms with Gasteiger partial charge in [0.05, 0.1) is 0 Å². The first kappa shape index (κ1) is 12.4. The maximum Gasteiger partial charge on any atom is 0.329 e. The molecule has 0 spiro atoms. The smallest absolute Gasteiger partial charge is 0.329 e. The topological polar surface area (TPSA) is 75.6 Å². The van der Waals surface area contributed by atoms with Gasteiger partial charge in [-0.2, -0.15) is 0 Å². The molecule has 0 aromatic heterocycles. The number of rotatable bonds is 5. The van der Waals surface area contributed by atoms with Crippen LogP contribution in [0.5, 0.6) is 5.75 Å². The maximum absolute atomic E-state index is 11.6. The highest BCUT2D eigenvalue weighted by Gasteiger charge is 2.51. The lowest BCUT2D eigenvalue weighted by molar-refractivity contribution is -0.143. The predicted octanol–water partition coefficient (Wildman–Crippen LogP) is 1.11. The number of aryl methyl sites for hydroxylation is 1. The van der Waals surface area contributed by atoms with Crippen LogP contribution in [0.1, 0.15) is 18.4 Å². The molecule has 0 atom stereocenters. The predicted molar refractivity (Wildman–Crippen MR) is 64.4 cm³/mol. The van der Waals surface area contributed by atoms with Crippen molar-refractivity contribution in [1.82, 2.24) is 5.32 Å². The summed E-state index contributed by atoms with van der Waals surface area (Å²) in [7, 11) is 0. The van der Waals surface area contributed by atoms with Crippen molar-refractivity contribution < 1.29 is 19.4 Å². The highest BCUT2D eigenvalue weighted by Crippen LogP contribution is 2.35. The first-order chi connectivity index (χ1) is 8.53. The second-order valence-electron chi connectivity index (χ2n) is 4.49. The van der Waals surface area contributed by atoms with Gasteiger partial charge in [0, 0.05) is 0 Å². The molecule has 5 heteroatoms. The minimum Gasteiger partial charge on any atom is -0.484 e. The number of carboxylic acids is 1. The molecule has 96 valence electrons. The molecule has 1 saturated carbocycles. The first-order valence-electron chi connectivity index (χ1n) is 5.76. The summed E-state index contributed by atoms with van der Waals surface area (Å²) in [4.78, 5) is 22.5. The lowest BCUT2D eigenvalue weighted by Crippen LogP contribution is -2.45. The number of amides is 1. The van der Waals surface area contributed by atoms with Crippen molar-refractivity contribution in [3.63, 3.8) is 0 Å². The van der Waals surface area contributed by atoms with Gasteiger partial charge in [-0.3, -0.25) is 4.79 Å². The van der Waals surface area contributed by atoms with Crippen LogP contribution < -0.4 is 10.1 Å². The number of carbonyl (C=O) groups excluding carboxylic acids is 1. The van der Waals surface area contributed by atoms with E-state index in [1.807, 2.05) is 25.1 Å². The van der Waals surface area contributed by atoms with E-state index in [0.717, 1.165) is 5.56 Å². The Morgan fingerprint density at radius 3 is 2.61 bits per heavy atom. The molecule has 1 aliphatic rings. The fourth-order valence-corrected chi connectivity index (χ4v) is 1.68. The van der Waals surface area contributed by atoms with Gasteiger partial charge in [0.25, 0.3) is 5.91 Å². The van der Waals surface area contributed by atoms with E-state index in [1.54, 1.807) is 6.07 Å². The van der Waals surface area contributed by atoms with Crippen LogP contribution >= 0.6 is 0 Å². The molecule has 0 aliphatic heterocycles. The van der Waals surface area contributed by atoms with Crippen LogP contribution in [0.4, 0.5) is 0 Å². The third-order valence-corrected chi connectivity index (χ3v) is 2.99. The van der Waals surface area contributed by atoms with Crippen LogP contribution in [0.15, 0.2) is 24.3 Å². The number of benzene rings is 1. The Kier molecular flexibility index (Phi) is 3.23. The summed E-state index contributed by atoms with van der Waals surface area (Å²) >= 11 is 0. The Labute approximate surface area is 105 Å². The van der Waals surface area contributed by atoms with E-state index in [2.05, 4.69) is 5.32 Å². The van der Waals surface area contributed by atoms with E-state index in [-0.39, 0.29) is 6.61 Å². The van der Waals surface area contributed by atoms with Gasteiger partial charge in [0.2, 0.25) is 0 Å². The van der Waals surface area contributed by atoms with Gasteiger partial charge >= 0.3 is 5.97 Å². The molecule has 1 aromatic rings. The number of ether oxygens (including phenoxy) is 1. The SMILES string of the molecule is Cc1ccccc1OCC(=O)NC1(C(=O)O)CC1. The Morgan fingerprint density at radius 2 is 2.06 bits per heavy atom. The van der Waals surface area contributed by atoms with E-state index >= 15 is 0 Å². The molecule has 2 rings (SSSR count). The lowest BCUT2D eigenvalue weighted by atomic mass is 10.2. The highest BCUT2D eigenvalue weighted by atomic mass is 16.5. The number of carboxylic acid groups (broad SMARTS) is 1. The van der Waals surface area contributed by atoms with Gasteiger partial charge in [-0.15, -0.1) is 0 Å². The van der Waals surface area contributed by atoms with E-state index in [4.69, 9.17) is 9.84 Å². The molecule has 1 aromatic carbocycles. The molecular formula is C13H15NO4. The maximum atomic E-state index is 11.6. The molecule has 0 radical (unpaired) electrons. The summed E-state index contributed by atoms with van der Waals surface area (Å²) in [5.41, 5.74) is -0.115. The molecule has 1 fully saturated rings. The normalized spacial score (nSPS) is 15.8. The van der Waals surface area contributed by atoms with Gasteiger partial charge in [-0.05, 0) is 31.4 Å². The first-order valence-corrected chi connectivity index (χ1v) is 5.76. The van der Waals surface area contributed by atoms with Crippen molar-refractivity contribution in [2.24, 2.45) is 0 Å². The highest BCUT2D eigenvalue weighted by molar-refractivity contribution is 5.90. The fourth-order valence-electron chi connectivity index (χ4n) is 1.68. The third-order valence-electron chi connectivity index (χ3n) is 2.99. The Bertz CT molecular complexity index is 480. The van der Waals surface area contributed by atoms with E-state index < -0.39 is 17.4 Å². The standard InChI is InChI=1S/C13H15NO4/c1-9-4-2-3-5-10(9)18-8-11(15)14-13(6-7-13)12(16)17/h2-5H,6-8H2,1H3,(H,14,15)(H,16,17). The molecule has 18 heavy (non-hydrogen) atoms. The molecule has 0 bridgehead atoms. The summed E-state index contributed by atoms with van der Waals surface area (Å²) in [6.45, 7) is 1.72. The third kappa shape index (κ3) is 2.61. The van der Waals surface area contributed by atoms with E-state index in [9.17, 15) is 9.59 Å². The Balaban J connectivity index is 1.86. The largest absolute Gasteiger partial charge is 0.484 e. The van der Waals surface area contributed by atoms with Gasteiger partial charge < -0.3 is 15.2 Å². The number of carbonyl (C=O) groups is 2. The summed E-state index contributed by atoms with van der Waals surface area (Å²) in [5.74, 6) is -0.752. The van der Waals surface area contributed by atoms with Gasteiger partial charge in [0.1, 0.15) is 11.3 Å². The lowest BCUT2D eigenvalue weighted by Gasteiger charge is -2.13. The summed E-state index contributed by atoms with van der Waals surface area (Å²) in [5, 5.41) is 11.4.